The van der Waals surface area contributed by atoms with Crippen LogP contribution in [0.2, 0.25) is 0 Å². The van der Waals surface area contributed by atoms with Crippen molar-refractivity contribution < 1.29 is 13.7 Å². The number of hydrogen-bond donors (Lipinski definition) is 2. The number of nitrogens with zero attached hydrogens (tertiary/aromatic N) is 5. The fourth-order valence-corrected chi connectivity index (χ4v) is 6.25. The van der Waals surface area contributed by atoms with Gasteiger partial charge in [0.15, 0.2) is 5.76 Å². The van der Waals surface area contributed by atoms with Gasteiger partial charge in [-0.15, -0.1) is 0 Å². The SMILES string of the molecule is CCc1nc(-c2ccc(N3CCC[C@H](C[C@@H]4CCCC[C@H]4Nc4ncc(-c5cccc(C(N)=O)c5)o4)C3)nc2)no1. The number of hydrogen-bond acceptors (Lipinski definition) is 9. The molecule has 3 N–H and O–H groups in total. The molecule has 1 saturated heterocycles. The van der Waals surface area contributed by atoms with Gasteiger partial charge < -0.3 is 24.9 Å². The molecule has 0 radical (unpaired) electrons. The number of pyridine rings is 1. The highest BCUT2D eigenvalue weighted by molar-refractivity contribution is 5.93. The van der Waals surface area contributed by atoms with Crippen molar-refractivity contribution in [2.45, 2.75) is 64.3 Å². The van der Waals surface area contributed by atoms with E-state index in [0.717, 1.165) is 49.3 Å². The summed E-state index contributed by atoms with van der Waals surface area (Å²) in [7, 11) is 0. The average molecular weight is 556 g/mol. The van der Waals surface area contributed by atoms with Crippen LogP contribution in [-0.4, -0.2) is 45.1 Å². The maximum Gasteiger partial charge on any atom is 0.295 e. The highest BCUT2D eigenvalue weighted by atomic mass is 16.5. The molecule has 0 spiro atoms. The number of amides is 1. The minimum atomic E-state index is -0.460. The number of aryl methyl sites for hydroxylation is 1. The number of benzene rings is 1. The molecule has 1 aliphatic heterocycles. The van der Waals surface area contributed by atoms with Gasteiger partial charge in [0.2, 0.25) is 17.6 Å². The molecule has 1 saturated carbocycles. The third kappa shape index (κ3) is 6.26. The van der Waals surface area contributed by atoms with Gasteiger partial charge in [-0.05, 0) is 68.2 Å². The second-order valence-electron chi connectivity index (χ2n) is 11.2. The Labute approximate surface area is 239 Å². The van der Waals surface area contributed by atoms with E-state index >= 15 is 0 Å². The van der Waals surface area contributed by atoms with E-state index < -0.39 is 5.91 Å². The molecule has 1 amide bonds. The number of carbonyl (C=O) groups is 1. The lowest BCUT2D eigenvalue weighted by atomic mass is 9.77. The Balaban J connectivity index is 1.08. The predicted molar refractivity (Wildman–Crippen MR) is 156 cm³/mol. The number of anilines is 2. The zero-order valence-electron chi connectivity index (χ0n) is 23.5. The van der Waals surface area contributed by atoms with Crippen molar-refractivity contribution in [3.8, 4) is 22.7 Å². The van der Waals surface area contributed by atoms with Crippen molar-refractivity contribution in [2.75, 3.05) is 23.3 Å². The van der Waals surface area contributed by atoms with E-state index in [1.54, 1.807) is 24.4 Å². The van der Waals surface area contributed by atoms with Gasteiger partial charge in [-0.1, -0.05) is 37.1 Å². The summed E-state index contributed by atoms with van der Waals surface area (Å²) in [5.41, 5.74) is 7.55. The molecule has 2 fully saturated rings. The van der Waals surface area contributed by atoms with E-state index in [4.69, 9.17) is 19.7 Å². The topological polar surface area (TPSA) is 136 Å². The maximum atomic E-state index is 11.6. The van der Waals surface area contributed by atoms with Crippen molar-refractivity contribution in [1.29, 1.82) is 0 Å². The first kappa shape index (κ1) is 27.0. The highest BCUT2D eigenvalue weighted by Gasteiger charge is 2.31. The van der Waals surface area contributed by atoms with Crippen molar-refractivity contribution in [3.63, 3.8) is 0 Å². The van der Waals surface area contributed by atoms with E-state index in [2.05, 4.69) is 31.4 Å². The monoisotopic (exact) mass is 555 g/mol. The predicted octanol–water partition coefficient (Wildman–Crippen LogP) is 5.73. The van der Waals surface area contributed by atoms with Gasteiger partial charge in [0.05, 0.1) is 6.20 Å². The maximum absolute atomic E-state index is 11.6. The van der Waals surface area contributed by atoms with Crippen LogP contribution < -0.4 is 16.0 Å². The first-order valence-electron chi connectivity index (χ1n) is 14.7. The van der Waals surface area contributed by atoms with Crippen molar-refractivity contribution in [3.05, 3.63) is 60.2 Å². The number of oxazole rings is 1. The van der Waals surface area contributed by atoms with Gasteiger partial charge in [-0.25, -0.2) is 9.97 Å². The molecule has 6 rings (SSSR count). The largest absolute Gasteiger partial charge is 0.424 e. The lowest BCUT2D eigenvalue weighted by Crippen LogP contribution is -2.39. The van der Waals surface area contributed by atoms with Crippen molar-refractivity contribution in [1.82, 2.24) is 20.1 Å². The summed E-state index contributed by atoms with van der Waals surface area (Å²) in [5.74, 6) is 3.56. The first-order valence-corrected chi connectivity index (χ1v) is 14.7. The first-order chi connectivity index (χ1) is 20.1. The van der Waals surface area contributed by atoms with Crippen LogP contribution in [0.3, 0.4) is 0 Å². The van der Waals surface area contributed by atoms with Crippen LogP contribution in [-0.2, 0) is 6.42 Å². The molecule has 3 aromatic heterocycles. The zero-order chi connectivity index (χ0) is 28.2. The fraction of sp³-hybridized carbons (Fsp3) is 0.452. The van der Waals surface area contributed by atoms with E-state index in [9.17, 15) is 4.79 Å². The number of piperidine rings is 1. The summed E-state index contributed by atoms with van der Waals surface area (Å²) in [6, 6.07) is 12.1. The summed E-state index contributed by atoms with van der Waals surface area (Å²) >= 11 is 0. The van der Waals surface area contributed by atoms with Crippen LogP contribution in [0.5, 0.6) is 0 Å². The number of primary amides is 1. The van der Waals surface area contributed by atoms with Gasteiger partial charge in [-0.3, -0.25) is 4.79 Å². The molecule has 3 atom stereocenters. The van der Waals surface area contributed by atoms with Crippen LogP contribution >= 0.6 is 0 Å². The highest BCUT2D eigenvalue weighted by Crippen LogP contribution is 2.36. The smallest absolute Gasteiger partial charge is 0.295 e. The number of rotatable bonds is 9. The van der Waals surface area contributed by atoms with E-state index in [1.807, 2.05) is 25.3 Å². The summed E-state index contributed by atoms with van der Waals surface area (Å²) in [5, 5.41) is 7.67. The number of nitrogens with one attached hydrogen (secondary N) is 1. The van der Waals surface area contributed by atoms with Crippen LogP contribution in [0.4, 0.5) is 11.8 Å². The number of carbonyl (C=O) groups excluding carboxylic acids is 1. The molecule has 4 aromatic rings. The summed E-state index contributed by atoms with van der Waals surface area (Å²) in [4.78, 5) is 27.7. The van der Waals surface area contributed by atoms with E-state index in [-0.39, 0.29) is 0 Å². The Morgan fingerprint density at radius 1 is 1.07 bits per heavy atom. The molecule has 2 aliphatic rings. The van der Waals surface area contributed by atoms with Crippen molar-refractivity contribution >= 4 is 17.7 Å². The molecule has 4 heterocycles. The molecule has 41 heavy (non-hydrogen) atoms. The van der Waals surface area contributed by atoms with Crippen LogP contribution in [0, 0.1) is 11.8 Å². The van der Waals surface area contributed by atoms with Gasteiger partial charge in [0.1, 0.15) is 5.82 Å². The van der Waals surface area contributed by atoms with Gasteiger partial charge in [0.25, 0.3) is 6.01 Å². The molecule has 10 nitrogen and oxygen atoms in total. The Morgan fingerprint density at radius 2 is 1.98 bits per heavy atom. The molecule has 0 unspecified atom stereocenters. The Kier molecular flexibility index (Phi) is 7.98. The van der Waals surface area contributed by atoms with Crippen LogP contribution in [0.1, 0.15) is 68.1 Å². The molecule has 0 bridgehead atoms. The zero-order valence-corrected chi connectivity index (χ0v) is 23.5. The van der Waals surface area contributed by atoms with Crippen LogP contribution in [0.25, 0.3) is 22.7 Å². The van der Waals surface area contributed by atoms with Gasteiger partial charge >= 0.3 is 0 Å². The normalized spacial score (nSPS) is 21.1. The molecular formula is C31H37N7O3. The summed E-state index contributed by atoms with van der Waals surface area (Å²) < 4.78 is 11.3. The van der Waals surface area contributed by atoms with E-state index in [0.29, 0.717) is 46.9 Å². The van der Waals surface area contributed by atoms with Gasteiger partial charge in [0, 0.05) is 48.4 Å². The third-order valence-electron chi connectivity index (χ3n) is 8.41. The minimum Gasteiger partial charge on any atom is -0.424 e. The Hall–Kier alpha value is -4.21. The molecule has 214 valence electrons. The fourth-order valence-electron chi connectivity index (χ4n) is 6.25. The Morgan fingerprint density at radius 3 is 2.78 bits per heavy atom. The third-order valence-corrected chi connectivity index (χ3v) is 8.41. The van der Waals surface area contributed by atoms with Crippen LogP contribution in [0.15, 0.2) is 57.7 Å². The number of aromatic nitrogens is 4. The van der Waals surface area contributed by atoms with E-state index in [1.165, 1.54) is 32.1 Å². The van der Waals surface area contributed by atoms with Crippen molar-refractivity contribution in [2.24, 2.45) is 17.6 Å². The summed E-state index contributed by atoms with van der Waals surface area (Å²) in [6.45, 7) is 4.03. The standard InChI is InChI=1S/C31H37N7O3/c1-2-28-36-30(37-41-28)24-12-13-27(33-17-24)38-14-6-7-20(19-38)15-21-8-3-4-11-25(21)35-31-34-18-26(40-31)22-9-5-10-23(16-22)29(32)39/h5,9-10,12-13,16-18,20-21,25H,2-4,6-8,11,14-15,19H2,1H3,(H2,32,39)(H,34,35)/t20-,21+,25-/m1/s1. The number of nitrogens with two attached hydrogens (primary N) is 1. The molecular weight excluding hydrogens is 518 g/mol. The second kappa shape index (κ2) is 12.1. The molecule has 10 heteroatoms. The van der Waals surface area contributed by atoms with Gasteiger partial charge in [-0.2, -0.15) is 4.98 Å². The molecule has 1 aliphatic carbocycles. The lowest BCUT2D eigenvalue weighted by molar-refractivity contribution is 0.100. The summed E-state index contributed by atoms with van der Waals surface area (Å²) in [6.07, 6.45) is 12.6. The second-order valence-corrected chi connectivity index (χ2v) is 11.2. The quantitative estimate of drug-likeness (QED) is 0.265. The average Bonchev–Trinajstić information content (AvgIpc) is 3.69. The molecule has 1 aromatic carbocycles. The minimum absolute atomic E-state index is 0.322. The Bertz CT molecular complexity index is 1460. The lowest BCUT2D eigenvalue weighted by Gasteiger charge is -2.38.